The zero-order valence-electron chi connectivity index (χ0n) is 7.89. The molecule has 0 aliphatic heterocycles. The summed E-state index contributed by atoms with van der Waals surface area (Å²) in [5.41, 5.74) is 3.58. The molecule has 3 N–H and O–H groups in total. The van der Waals surface area contributed by atoms with E-state index < -0.39 is 0 Å². The zero-order chi connectivity index (χ0) is 10.7. The van der Waals surface area contributed by atoms with Crippen LogP contribution in [0.1, 0.15) is 5.56 Å². The van der Waals surface area contributed by atoms with Gasteiger partial charge in [0.2, 0.25) is 0 Å². The van der Waals surface area contributed by atoms with Gasteiger partial charge in [-0.2, -0.15) is 5.10 Å². The lowest BCUT2D eigenvalue weighted by Gasteiger charge is -2.02. The van der Waals surface area contributed by atoms with E-state index in [1.807, 2.05) is 29.2 Å². The quantitative estimate of drug-likeness (QED) is 0.508. The topological polar surface area (TPSA) is 68.8 Å². The molecule has 0 fully saturated rings. The van der Waals surface area contributed by atoms with Crippen molar-refractivity contribution in [1.82, 2.24) is 14.8 Å². The van der Waals surface area contributed by atoms with Crippen molar-refractivity contribution in [2.45, 2.75) is 6.54 Å². The van der Waals surface area contributed by atoms with E-state index in [9.17, 15) is 0 Å². The molecular formula is C9H10IN5. The van der Waals surface area contributed by atoms with Gasteiger partial charge in [-0.05, 0) is 34.2 Å². The summed E-state index contributed by atoms with van der Waals surface area (Å²) in [6.45, 7) is 0.723. The minimum absolute atomic E-state index is 0.661. The van der Waals surface area contributed by atoms with Crippen LogP contribution in [0.15, 0.2) is 30.7 Å². The summed E-state index contributed by atoms with van der Waals surface area (Å²) in [5, 5.41) is 4.19. The second-order valence-electron chi connectivity index (χ2n) is 3.05. The average Bonchev–Trinajstić information content (AvgIpc) is 2.65. The Balaban J connectivity index is 2.11. The summed E-state index contributed by atoms with van der Waals surface area (Å²) in [6, 6.07) is 3.81. The molecule has 0 saturated heterocycles. The van der Waals surface area contributed by atoms with E-state index in [4.69, 9.17) is 5.84 Å². The van der Waals surface area contributed by atoms with Crippen LogP contribution in [0.4, 0.5) is 5.82 Å². The van der Waals surface area contributed by atoms with Crippen LogP contribution in [0.3, 0.4) is 0 Å². The first-order valence-electron chi connectivity index (χ1n) is 4.37. The minimum Gasteiger partial charge on any atom is -0.308 e. The Morgan fingerprint density at radius 2 is 2.27 bits per heavy atom. The molecular weight excluding hydrogens is 305 g/mol. The SMILES string of the molecule is NNc1ccc(Cn2cc(I)cn2)cn1. The predicted octanol–water partition coefficient (Wildman–Crippen LogP) is 1.22. The van der Waals surface area contributed by atoms with Gasteiger partial charge in [-0.15, -0.1) is 0 Å². The van der Waals surface area contributed by atoms with E-state index in [-0.39, 0.29) is 0 Å². The number of nitrogens with one attached hydrogen (secondary N) is 1. The molecule has 0 atom stereocenters. The standard InChI is InChI=1S/C9H10IN5/c10-8-4-13-15(6-8)5-7-1-2-9(14-11)12-3-7/h1-4,6H,5,11H2,(H,12,14). The molecule has 5 nitrogen and oxygen atoms in total. The van der Waals surface area contributed by atoms with Crippen molar-refractivity contribution in [1.29, 1.82) is 0 Å². The minimum atomic E-state index is 0.661. The van der Waals surface area contributed by atoms with E-state index >= 15 is 0 Å². The largest absolute Gasteiger partial charge is 0.308 e. The number of hydrogen-bond acceptors (Lipinski definition) is 4. The Kier molecular flexibility index (Phi) is 3.17. The van der Waals surface area contributed by atoms with Crippen molar-refractivity contribution < 1.29 is 0 Å². The molecule has 2 aromatic rings. The zero-order valence-corrected chi connectivity index (χ0v) is 10.0. The van der Waals surface area contributed by atoms with Crippen LogP contribution in [0.25, 0.3) is 0 Å². The Bertz CT molecular complexity index is 436. The normalized spacial score (nSPS) is 10.3. The maximum absolute atomic E-state index is 5.22. The lowest BCUT2D eigenvalue weighted by molar-refractivity contribution is 0.684. The fourth-order valence-corrected chi connectivity index (χ4v) is 1.66. The van der Waals surface area contributed by atoms with E-state index in [0.717, 1.165) is 15.7 Å². The number of hydrogen-bond donors (Lipinski definition) is 2. The Morgan fingerprint density at radius 3 is 2.80 bits per heavy atom. The van der Waals surface area contributed by atoms with E-state index in [0.29, 0.717) is 5.82 Å². The molecule has 2 heterocycles. The molecule has 0 bridgehead atoms. The third kappa shape index (κ3) is 2.66. The highest BCUT2D eigenvalue weighted by molar-refractivity contribution is 14.1. The van der Waals surface area contributed by atoms with Crippen LogP contribution in [-0.4, -0.2) is 14.8 Å². The van der Waals surface area contributed by atoms with Crippen molar-refractivity contribution >= 4 is 28.4 Å². The van der Waals surface area contributed by atoms with Gasteiger partial charge < -0.3 is 5.43 Å². The molecule has 0 radical (unpaired) electrons. The van der Waals surface area contributed by atoms with Gasteiger partial charge >= 0.3 is 0 Å². The lowest BCUT2D eigenvalue weighted by Crippen LogP contribution is -2.08. The maximum atomic E-state index is 5.22. The van der Waals surface area contributed by atoms with Gasteiger partial charge in [0.15, 0.2) is 0 Å². The van der Waals surface area contributed by atoms with E-state index in [1.54, 1.807) is 6.20 Å². The summed E-state index contributed by atoms with van der Waals surface area (Å²) in [7, 11) is 0. The fraction of sp³-hybridized carbons (Fsp3) is 0.111. The fourth-order valence-electron chi connectivity index (χ4n) is 1.22. The number of halogens is 1. The number of hydrazine groups is 1. The van der Waals surface area contributed by atoms with Crippen LogP contribution in [0.2, 0.25) is 0 Å². The second kappa shape index (κ2) is 4.58. The number of nitrogens with zero attached hydrogens (tertiary/aromatic N) is 3. The second-order valence-corrected chi connectivity index (χ2v) is 4.30. The van der Waals surface area contributed by atoms with Crippen molar-refractivity contribution in [3.63, 3.8) is 0 Å². The van der Waals surface area contributed by atoms with Crippen molar-refractivity contribution in [2.75, 3.05) is 5.43 Å². The molecule has 15 heavy (non-hydrogen) atoms. The smallest absolute Gasteiger partial charge is 0.139 e. The number of nitrogen functional groups attached to an aromatic ring is 1. The number of anilines is 1. The lowest BCUT2D eigenvalue weighted by atomic mass is 10.3. The van der Waals surface area contributed by atoms with Crippen molar-refractivity contribution in [3.8, 4) is 0 Å². The summed E-state index contributed by atoms with van der Waals surface area (Å²) in [4.78, 5) is 4.12. The molecule has 0 unspecified atom stereocenters. The molecule has 0 aliphatic carbocycles. The van der Waals surface area contributed by atoms with Gasteiger partial charge in [-0.3, -0.25) is 4.68 Å². The highest BCUT2D eigenvalue weighted by Gasteiger charge is 1.98. The van der Waals surface area contributed by atoms with Gasteiger partial charge in [0, 0.05) is 12.4 Å². The first kappa shape index (κ1) is 10.4. The van der Waals surface area contributed by atoms with Gasteiger partial charge in [-0.1, -0.05) is 6.07 Å². The van der Waals surface area contributed by atoms with Gasteiger partial charge in [0.1, 0.15) is 5.82 Å². The first-order valence-corrected chi connectivity index (χ1v) is 5.45. The van der Waals surface area contributed by atoms with Crippen LogP contribution >= 0.6 is 22.6 Å². The van der Waals surface area contributed by atoms with Crippen LogP contribution in [-0.2, 0) is 6.54 Å². The van der Waals surface area contributed by atoms with E-state index in [2.05, 4.69) is 38.1 Å². The highest BCUT2D eigenvalue weighted by atomic mass is 127. The Labute approximate surface area is 101 Å². The summed E-state index contributed by atoms with van der Waals surface area (Å²) >= 11 is 2.23. The van der Waals surface area contributed by atoms with Gasteiger partial charge in [0.05, 0.1) is 16.3 Å². The van der Waals surface area contributed by atoms with Crippen LogP contribution in [0, 0.1) is 3.57 Å². The van der Waals surface area contributed by atoms with Gasteiger partial charge in [-0.25, -0.2) is 10.8 Å². The van der Waals surface area contributed by atoms with Crippen molar-refractivity contribution in [2.24, 2.45) is 5.84 Å². The molecule has 0 aromatic carbocycles. The predicted molar refractivity (Wildman–Crippen MR) is 66.1 cm³/mol. The number of aromatic nitrogens is 3. The molecule has 2 rings (SSSR count). The van der Waals surface area contributed by atoms with Crippen LogP contribution < -0.4 is 11.3 Å². The molecule has 0 saturated carbocycles. The number of rotatable bonds is 3. The molecule has 0 amide bonds. The Hall–Kier alpha value is -1.15. The first-order chi connectivity index (χ1) is 7.28. The Morgan fingerprint density at radius 1 is 1.40 bits per heavy atom. The molecule has 6 heteroatoms. The number of pyridine rings is 1. The molecule has 0 spiro atoms. The summed E-state index contributed by atoms with van der Waals surface area (Å²) < 4.78 is 3.00. The molecule has 2 aromatic heterocycles. The average molecular weight is 315 g/mol. The summed E-state index contributed by atoms with van der Waals surface area (Å²) in [5.74, 6) is 5.89. The van der Waals surface area contributed by atoms with Crippen LogP contribution in [0.5, 0.6) is 0 Å². The summed E-state index contributed by atoms with van der Waals surface area (Å²) in [6.07, 6.45) is 5.59. The maximum Gasteiger partial charge on any atom is 0.139 e. The highest BCUT2D eigenvalue weighted by Crippen LogP contribution is 2.07. The van der Waals surface area contributed by atoms with E-state index in [1.165, 1.54) is 0 Å². The molecule has 0 aliphatic rings. The van der Waals surface area contributed by atoms with Crippen molar-refractivity contribution in [3.05, 3.63) is 39.9 Å². The third-order valence-corrected chi connectivity index (χ3v) is 2.48. The monoisotopic (exact) mass is 315 g/mol. The third-order valence-electron chi connectivity index (χ3n) is 1.92. The van der Waals surface area contributed by atoms with Gasteiger partial charge in [0.25, 0.3) is 0 Å². The number of nitrogens with two attached hydrogens (primary N) is 1. The molecule has 78 valence electrons.